The van der Waals surface area contributed by atoms with Gasteiger partial charge < -0.3 is 4.74 Å². The van der Waals surface area contributed by atoms with E-state index in [0.717, 1.165) is 22.3 Å². The second-order valence-electron chi connectivity index (χ2n) is 8.45. The van der Waals surface area contributed by atoms with Gasteiger partial charge in [0.15, 0.2) is 5.82 Å². The highest BCUT2D eigenvalue weighted by Crippen LogP contribution is 2.31. The molecule has 0 unspecified atom stereocenters. The van der Waals surface area contributed by atoms with Crippen molar-refractivity contribution in [2.24, 2.45) is 0 Å². The number of nitrogens with one attached hydrogen (secondary N) is 1. The third-order valence-corrected chi connectivity index (χ3v) is 5.90. The second-order valence-corrected chi connectivity index (χ2v) is 8.45. The number of nitrogens with zero attached hydrogens (tertiary/aromatic N) is 6. The van der Waals surface area contributed by atoms with E-state index in [9.17, 15) is 9.59 Å². The number of para-hydroxylation sites is 1. The number of hydrogen-bond donors (Lipinski definition) is 1. The summed E-state index contributed by atoms with van der Waals surface area (Å²) >= 11 is 0. The number of ether oxygens (including phenoxy) is 1. The highest BCUT2D eigenvalue weighted by atomic mass is 16.5. The third-order valence-electron chi connectivity index (χ3n) is 5.90. The van der Waals surface area contributed by atoms with Crippen LogP contribution in [0.5, 0.6) is 0 Å². The lowest BCUT2D eigenvalue weighted by atomic mass is 9.98. The molecule has 0 atom stereocenters. The zero-order chi connectivity index (χ0) is 26.5. The summed E-state index contributed by atoms with van der Waals surface area (Å²) in [5, 5.41) is 19.0. The highest BCUT2D eigenvalue weighted by molar-refractivity contribution is 6.04. The quantitative estimate of drug-likeness (QED) is 0.304. The first-order valence-electron chi connectivity index (χ1n) is 12.1. The van der Waals surface area contributed by atoms with Gasteiger partial charge in [0.1, 0.15) is 5.56 Å². The van der Waals surface area contributed by atoms with Crippen LogP contribution >= 0.6 is 0 Å². The molecule has 3 aromatic carbocycles. The number of carbonyl (C=O) groups is 2. The molecule has 10 heteroatoms. The molecule has 0 aliphatic carbocycles. The molecule has 10 nitrogen and oxygen atoms in total. The zero-order valence-electron chi connectivity index (χ0n) is 20.9. The molecule has 190 valence electrons. The predicted octanol–water partition coefficient (Wildman–Crippen LogP) is 4.64. The summed E-state index contributed by atoms with van der Waals surface area (Å²) in [6, 6.07) is 24.9. The van der Waals surface area contributed by atoms with Crippen molar-refractivity contribution >= 4 is 23.4 Å². The van der Waals surface area contributed by atoms with E-state index in [-0.39, 0.29) is 23.9 Å². The minimum Gasteiger partial charge on any atom is -0.462 e. The number of rotatable bonds is 8. The van der Waals surface area contributed by atoms with Crippen LogP contribution in [0.25, 0.3) is 22.5 Å². The molecular weight excluding hydrogens is 482 g/mol. The van der Waals surface area contributed by atoms with Crippen molar-refractivity contribution in [2.75, 3.05) is 11.5 Å². The number of esters is 1. The van der Waals surface area contributed by atoms with Crippen LogP contribution in [0.1, 0.15) is 29.8 Å². The Morgan fingerprint density at radius 1 is 0.947 bits per heavy atom. The van der Waals surface area contributed by atoms with Gasteiger partial charge in [-0.05, 0) is 41.0 Å². The van der Waals surface area contributed by atoms with Gasteiger partial charge in [-0.3, -0.25) is 14.4 Å². The van der Waals surface area contributed by atoms with Crippen LogP contribution in [0, 0.1) is 0 Å². The Morgan fingerprint density at radius 3 is 2.32 bits per heavy atom. The fourth-order valence-electron chi connectivity index (χ4n) is 4.22. The van der Waals surface area contributed by atoms with E-state index in [4.69, 9.17) is 4.74 Å². The van der Waals surface area contributed by atoms with Crippen molar-refractivity contribution in [1.29, 1.82) is 0 Å². The molecule has 2 heterocycles. The Morgan fingerprint density at radius 2 is 1.66 bits per heavy atom. The summed E-state index contributed by atoms with van der Waals surface area (Å²) in [4.78, 5) is 26.8. The first-order chi connectivity index (χ1) is 18.5. The predicted molar refractivity (Wildman–Crippen MR) is 142 cm³/mol. The molecule has 5 aromatic rings. The Labute approximate surface area is 218 Å². The largest absolute Gasteiger partial charge is 0.462 e. The number of H-pyrrole nitrogens is 1. The average Bonchev–Trinajstić information content (AvgIpc) is 3.61. The second kappa shape index (κ2) is 10.9. The third kappa shape index (κ3) is 5.05. The Kier molecular flexibility index (Phi) is 7.03. The summed E-state index contributed by atoms with van der Waals surface area (Å²) in [5.41, 5.74) is 4.64. The van der Waals surface area contributed by atoms with Crippen LogP contribution in [-0.2, 0) is 16.1 Å². The molecule has 0 saturated carbocycles. The maximum absolute atomic E-state index is 12.8. The lowest BCUT2D eigenvalue weighted by Gasteiger charge is -2.19. The summed E-state index contributed by atoms with van der Waals surface area (Å²) in [7, 11) is 0. The SMILES string of the molecule is CCOC(=O)c1cn(Cc2ccc(-c3ccccc3-c3nn[nH]n3)cc2)nc1N(C(C)=O)c1ccccc1. The molecule has 2 aromatic heterocycles. The van der Waals surface area contributed by atoms with Gasteiger partial charge >= 0.3 is 5.97 Å². The number of anilines is 2. The van der Waals surface area contributed by atoms with E-state index in [1.807, 2.05) is 66.7 Å². The number of tetrazole rings is 1. The Hall–Kier alpha value is -5.12. The molecule has 1 N–H and O–H groups in total. The lowest BCUT2D eigenvalue weighted by Crippen LogP contribution is -2.25. The van der Waals surface area contributed by atoms with Crippen LogP contribution in [0.2, 0.25) is 0 Å². The van der Waals surface area contributed by atoms with E-state index in [0.29, 0.717) is 18.1 Å². The number of aromatic nitrogens is 6. The zero-order valence-corrected chi connectivity index (χ0v) is 20.9. The highest BCUT2D eigenvalue weighted by Gasteiger charge is 2.26. The normalized spacial score (nSPS) is 10.8. The molecule has 38 heavy (non-hydrogen) atoms. The molecule has 0 saturated heterocycles. The number of aromatic amines is 1. The standard InChI is InChI=1S/C28H25N7O3/c1-3-38-28(37)25-18-34(31-27(25)35(19(2)36)22-9-5-4-6-10-22)17-20-13-15-21(16-14-20)23-11-7-8-12-24(23)26-29-32-33-30-26/h4-16,18H,3,17H2,1-2H3,(H,29,30,32,33). The molecule has 0 fully saturated rings. The summed E-state index contributed by atoms with van der Waals surface area (Å²) in [6.07, 6.45) is 1.62. The van der Waals surface area contributed by atoms with Gasteiger partial charge in [-0.1, -0.05) is 66.7 Å². The molecule has 0 bridgehead atoms. The first kappa shape index (κ1) is 24.6. The number of carbonyl (C=O) groups excluding carboxylic acids is 2. The maximum atomic E-state index is 12.8. The molecule has 0 aliphatic heterocycles. The average molecular weight is 508 g/mol. The van der Waals surface area contributed by atoms with Gasteiger partial charge in [0.2, 0.25) is 11.7 Å². The molecule has 0 spiro atoms. The number of hydrogen-bond acceptors (Lipinski definition) is 7. The first-order valence-corrected chi connectivity index (χ1v) is 12.1. The topological polar surface area (TPSA) is 119 Å². The number of amides is 1. The van der Waals surface area contributed by atoms with E-state index in [2.05, 4.69) is 25.7 Å². The van der Waals surface area contributed by atoms with Crippen molar-refractivity contribution in [3.8, 4) is 22.5 Å². The van der Waals surface area contributed by atoms with Crippen molar-refractivity contribution in [3.63, 3.8) is 0 Å². The van der Waals surface area contributed by atoms with Gasteiger partial charge in [0, 0.05) is 18.7 Å². The fraction of sp³-hybridized carbons (Fsp3) is 0.143. The van der Waals surface area contributed by atoms with E-state index in [1.165, 1.54) is 11.8 Å². The minimum absolute atomic E-state index is 0.210. The van der Waals surface area contributed by atoms with Crippen molar-refractivity contribution in [1.82, 2.24) is 30.4 Å². The Balaban J connectivity index is 1.46. The smallest absolute Gasteiger partial charge is 0.343 e. The van der Waals surface area contributed by atoms with Crippen molar-refractivity contribution in [3.05, 3.63) is 96.2 Å². The van der Waals surface area contributed by atoms with Crippen LogP contribution in [0.3, 0.4) is 0 Å². The summed E-state index contributed by atoms with van der Waals surface area (Å²) in [5.74, 6) is -0.0533. The summed E-state index contributed by atoms with van der Waals surface area (Å²) in [6.45, 7) is 3.77. The summed E-state index contributed by atoms with van der Waals surface area (Å²) < 4.78 is 6.90. The van der Waals surface area contributed by atoms with Crippen LogP contribution in [0.15, 0.2) is 85.1 Å². The molecule has 5 rings (SSSR count). The molecule has 0 radical (unpaired) electrons. The molecule has 1 amide bonds. The monoisotopic (exact) mass is 507 g/mol. The minimum atomic E-state index is -0.538. The molecule has 0 aliphatic rings. The van der Waals surface area contributed by atoms with Gasteiger partial charge in [-0.25, -0.2) is 4.79 Å². The lowest BCUT2D eigenvalue weighted by molar-refractivity contribution is -0.115. The van der Waals surface area contributed by atoms with Crippen molar-refractivity contribution < 1.29 is 14.3 Å². The number of benzene rings is 3. The van der Waals surface area contributed by atoms with Crippen molar-refractivity contribution in [2.45, 2.75) is 20.4 Å². The van der Waals surface area contributed by atoms with E-state index in [1.54, 1.807) is 29.9 Å². The van der Waals surface area contributed by atoms with Crippen LogP contribution < -0.4 is 4.90 Å². The van der Waals surface area contributed by atoms with E-state index >= 15 is 0 Å². The van der Waals surface area contributed by atoms with Gasteiger partial charge in [-0.15, -0.1) is 10.2 Å². The van der Waals surface area contributed by atoms with Gasteiger partial charge in [-0.2, -0.15) is 10.3 Å². The van der Waals surface area contributed by atoms with Gasteiger partial charge in [0.25, 0.3) is 0 Å². The van der Waals surface area contributed by atoms with Crippen LogP contribution in [-0.4, -0.2) is 48.9 Å². The Bertz CT molecular complexity index is 1550. The maximum Gasteiger partial charge on any atom is 0.343 e. The molecular formula is C28H25N7O3. The van der Waals surface area contributed by atoms with Crippen LogP contribution in [0.4, 0.5) is 11.5 Å². The van der Waals surface area contributed by atoms with Gasteiger partial charge in [0.05, 0.1) is 18.8 Å². The fourth-order valence-corrected chi connectivity index (χ4v) is 4.22. The van der Waals surface area contributed by atoms with E-state index < -0.39 is 5.97 Å².